The Morgan fingerprint density at radius 3 is 2.67 bits per heavy atom. The second-order valence-corrected chi connectivity index (χ2v) is 7.96. The highest BCUT2D eigenvalue weighted by molar-refractivity contribution is 6.12. The highest BCUT2D eigenvalue weighted by Gasteiger charge is 2.32. The summed E-state index contributed by atoms with van der Waals surface area (Å²) in [6.45, 7) is 2.08. The first-order chi connectivity index (χ1) is 14.5. The van der Waals surface area contributed by atoms with Gasteiger partial charge < -0.3 is 10.1 Å². The molecule has 0 spiro atoms. The van der Waals surface area contributed by atoms with Crippen LogP contribution in [0.4, 0.5) is 10.1 Å². The first kappa shape index (κ1) is 20.1. The molecule has 4 rings (SSSR count). The molecule has 6 heteroatoms. The lowest BCUT2D eigenvalue weighted by Gasteiger charge is -2.32. The Morgan fingerprint density at radius 2 is 1.90 bits per heavy atom. The number of nitrogens with zero attached hydrogens (tertiary/aromatic N) is 1. The van der Waals surface area contributed by atoms with Crippen LogP contribution in [0, 0.1) is 11.7 Å². The minimum Gasteiger partial charge on any atom is -0.449 e. The van der Waals surface area contributed by atoms with Crippen LogP contribution in [0.15, 0.2) is 54.3 Å². The van der Waals surface area contributed by atoms with Crippen molar-refractivity contribution in [3.63, 3.8) is 0 Å². The number of ether oxygens (including phenoxy) is 1. The maximum atomic E-state index is 13.2. The number of fused-ring (bicyclic) bond motifs is 1. The zero-order chi connectivity index (χ0) is 21.1. The molecule has 1 N–H and O–H groups in total. The topological polar surface area (TPSA) is 58.6 Å². The van der Waals surface area contributed by atoms with E-state index < -0.39 is 5.91 Å². The fraction of sp³-hybridized carbons (Fsp3) is 0.333. The second kappa shape index (κ2) is 8.69. The quantitative estimate of drug-likeness (QED) is 0.768. The van der Waals surface area contributed by atoms with Crippen molar-refractivity contribution in [2.45, 2.75) is 38.6 Å². The number of carbonyl (C=O) groups excluding carboxylic acids is 2. The molecule has 0 aromatic heterocycles. The van der Waals surface area contributed by atoms with Crippen molar-refractivity contribution < 1.29 is 18.7 Å². The zero-order valence-electron chi connectivity index (χ0n) is 16.9. The maximum Gasteiger partial charge on any atom is 0.294 e. The number of hydrogen-bond acceptors (Lipinski definition) is 3. The number of rotatable bonds is 4. The van der Waals surface area contributed by atoms with Gasteiger partial charge in [-0.05, 0) is 54.7 Å². The van der Waals surface area contributed by atoms with Crippen LogP contribution in [0.1, 0.15) is 38.2 Å². The van der Waals surface area contributed by atoms with E-state index in [4.69, 9.17) is 4.74 Å². The summed E-state index contributed by atoms with van der Waals surface area (Å²) in [6, 6.07) is 13.1. The monoisotopic (exact) mass is 408 g/mol. The predicted molar refractivity (Wildman–Crippen MR) is 113 cm³/mol. The summed E-state index contributed by atoms with van der Waals surface area (Å²) in [7, 11) is 0. The number of hydrogen-bond donors (Lipinski definition) is 1. The van der Waals surface area contributed by atoms with Gasteiger partial charge in [-0.3, -0.25) is 14.5 Å². The van der Waals surface area contributed by atoms with Crippen molar-refractivity contribution in [1.82, 2.24) is 5.32 Å². The Bertz CT molecular complexity index is 971. The lowest BCUT2D eigenvalue weighted by atomic mass is 9.86. The Labute approximate surface area is 175 Å². The van der Waals surface area contributed by atoms with E-state index in [2.05, 4.69) is 12.2 Å². The molecule has 5 nitrogen and oxygen atoms in total. The van der Waals surface area contributed by atoms with Crippen LogP contribution in [0.3, 0.4) is 0 Å². The van der Waals surface area contributed by atoms with Crippen molar-refractivity contribution in [3.05, 3.63) is 65.7 Å². The van der Waals surface area contributed by atoms with Crippen LogP contribution in [0.5, 0.6) is 5.75 Å². The molecule has 2 aromatic carbocycles. The molecular formula is C24H25FN2O3. The highest BCUT2D eigenvalue weighted by atomic mass is 19.1. The fourth-order valence-electron chi connectivity index (χ4n) is 4.06. The molecule has 1 saturated carbocycles. The Hall–Kier alpha value is -3.15. The van der Waals surface area contributed by atoms with Gasteiger partial charge in [0.15, 0.2) is 11.5 Å². The average molecular weight is 408 g/mol. The van der Waals surface area contributed by atoms with Crippen LogP contribution in [0.2, 0.25) is 0 Å². The van der Waals surface area contributed by atoms with Gasteiger partial charge in [-0.25, -0.2) is 4.39 Å². The Morgan fingerprint density at radius 1 is 1.17 bits per heavy atom. The van der Waals surface area contributed by atoms with E-state index in [0.717, 1.165) is 19.3 Å². The Kier molecular flexibility index (Phi) is 5.84. The molecule has 1 fully saturated rings. The number of para-hydroxylation sites is 2. The summed E-state index contributed by atoms with van der Waals surface area (Å²) >= 11 is 0. The molecule has 2 atom stereocenters. The third-order valence-corrected chi connectivity index (χ3v) is 5.76. The largest absolute Gasteiger partial charge is 0.449 e. The van der Waals surface area contributed by atoms with Crippen LogP contribution in [-0.4, -0.2) is 24.4 Å². The molecule has 156 valence electrons. The molecule has 1 heterocycles. The van der Waals surface area contributed by atoms with Crippen molar-refractivity contribution in [3.8, 4) is 5.75 Å². The lowest BCUT2D eigenvalue weighted by Crippen LogP contribution is -2.48. The van der Waals surface area contributed by atoms with E-state index in [1.165, 1.54) is 23.5 Å². The van der Waals surface area contributed by atoms with Gasteiger partial charge in [0.25, 0.3) is 5.91 Å². The van der Waals surface area contributed by atoms with E-state index in [9.17, 15) is 14.0 Å². The minimum atomic E-state index is -0.398. The molecule has 2 aromatic rings. The van der Waals surface area contributed by atoms with Gasteiger partial charge in [0, 0.05) is 6.04 Å². The Balaban J connectivity index is 1.56. The normalized spacial score (nSPS) is 22.4. The third kappa shape index (κ3) is 4.37. The first-order valence-corrected chi connectivity index (χ1v) is 10.4. The van der Waals surface area contributed by atoms with Crippen LogP contribution >= 0.6 is 0 Å². The van der Waals surface area contributed by atoms with Crippen molar-refractivity contribution >= 4 is 23.6 Å². The zero-order valence-corrected chi connectivity index (χ0v) is 16.9. The molecule has 0 radical (unpaired) electrons. The summed E-state index contributed by atoms with van der Waals surface area (Å²) in [4.78, 5) is 27.3. The summed E-state index contributed by atoms with van der Waals surface area (Å²) in [5.74, 6) is 0.103. The highest BCUT2D eigenvalue weighted by Crippen LogP contribution is 2.35. The van der Waals surface area contributed by atoms with Crippen LogP contribution < -0.4 is 15.0 Å². The lowest BCUT2D eigenvalue weighted by molar-refractivity contribution is -0.124. The maximum absolute atomic E-state index is 13.2. The molecule has 0 bridgehead atoms. The standard InChI is InChI=1S/C24H25FN2O3/c1-16-6-2-3-7-19(16)26-23(28)15-27-20-8-4-5-9-21(20)30-22(24(27)29)14-17-10-12-18(25)13-11-17/h4-5,8-14,16,19H,2-3,6-7,15H2,1H3,(H,26,28). The van der Waals surface area contributed by atoms with Gasteiger partial charge in [0.05, 0.1) is 5.69 Å². The second-order valence-electron chi connectivity index (χ2n) is 7.96. The predicted octanol–water partition coefficient (Wildman–Crippen LogP) is 4.29. The summed E-state index contributed by atoms with van der Waals surface area (Å²) < 4.78 is 19.0. The number of carbonyl (C=O) groups is 2. The van der Waals surface area contributed by atoms with Gasteiger partial charge in [-0.1, -0.05) is 44.0 Å². The van der Waals surface area contributed by atoms with E-state index in [1.54, 1.807) is 36.4 Å². The summed E-state index contributed by atoms with van der Waals surface area (Å²) in [5.41, 5.74) is 1.20. The van der Waals surface area contributed by atoms with E-state index in [-0.39, 0.29) is 30.1 Å². The number of amides is 2. The van der Waals surface area contributed by atoms with E-state index in [0.29, 0.717) is 22.9 Å². The average Bonchev–Trinajstić information content (AvgIpc) is 2.74. The first-order valence-electron chi connectivity index (χ1n) is 10.4. The fourth-order valence-corrected chi connectivity index (χ4v) is 4.06. The number of anilines is 1. The van der Waals surface area contributed by atoms with E-state index >= 15 is 0 Å². The number of benzene rings is 2. The molecule has 1 aliphatic carbocycles. The van der Waals surface area contributed by atoms with Crippen molar-refractivity contribution in [2.24, 2.45) is 5.92 Å². The number of halogens is 1. The molecule has 2 amide bonds. The SMILES string of the molecule is CC1CCCCC1NC(=O)CN1C(=O)C(=Cc2ccc(F)cc2)Oc2ccccc21. The summed E-state index contributed by atoms with van der Waals surface area (Å²) in [5, 5.41) is 3.10. The summed E-state index contributed by atoms with van der Waals surface area (Å²) in [6.07, 6.45) is 5.94. The molecule has 0 saturated heterocycles. The van der Waals surface area contributed by atoms with Crippen LogP contribution in [-0.2, 0) is 9.59 Å². The molecule has 1 aliphatic heterocycles. The van der Waals surface area contributed by atoms with Gasteiger partial charge in [-0.15, -0.1) is 0 Å². The van der Waals surface area contributed by atoms with Gasteiger partial charge in [0.2, 0.25) is 5.91 Å². The minimum absolute atomic E-state index is 0.0802. The van der Waals surface area contributed by atoms with Gasteiger partial charge in [0.1, 0.15) is 12.4 Å². The molecule has 2 aliphatic rings. The van der Waals surface area contributed by atoms with Gasteiger partial charge in [-0.2, -0.15) is 0 Å². The molecule has 30 heavy (non-hydrogen) atoms. The van der Waals surface area contributed by atoms with E-state index in [1.807, 2.05) is 6.07 Å². The third-order valence-electron chi connectivity index (χ3n) is 5.76. The van der Waals surface area contributed by atoms with Crippen molar-refractivity contribution in [2.75, 3.05) is 11.4 Å². The smallest absolute Gasteiger partial charge is 0.294 e. The van der Waals surface area contributed by atoms with Crippen LogP contribution in [0.25, 0.3) is 6.08 Å². The molecular weight excluding hydrogens is 383 g/mol. The molecule has 2 unspecified atom stereocenters. The van der Waals surface area contributed by atoms with Gasteiger partial charge >= 0.3 is 0 Å². The van der Waals surface area contributed by atoms with Crippen molar-refractivity contribution in [1.29, 1.82) is 0 Å². The number of nitrogens with one attached hydrogen (secondary N) is 1.